The second-order valence-electron chi connectivity index (χ2n) is 6.51. The summed E-state index contributed by atoms with van der Waals surface area (Å²) in [5.41, 5.74) is 3.29. The van der Waals surface area contributed by atoms with E-state index in [1.165, 1.54) is 6.20 Å². The molecule has 0 spiro atoms. The van der Waals surface area contributed by atoms with Gasteiger partial charge in [0, 0.05) is 24.4 Å². The zero-order valence-corrected chi connectivity index (χ0v) is 13.6. The second kappa shape index (κ2) is 6.20. The molecule has 1 unspecified atom stereocenters. The first kappa shape index (κ1) is 15.6. The number of nitrogens with one attached hydrogen (secondary N) is 1. The van der Waals surface area contributed by atoms with Crippen molar-refractivity contribution in [1.82, 2.24) is 10.3 Å². The minimum Gasteiger partial charge on any atom is -0.493 e. The third-order valence-corrected chi connectivity index (χ3v) is 4.67. The molecular weight excluding hydrogens is 320 g/mol. The highest BCUT2D eigenvalue weighted by molar-refractivity contribution is 5.97. The van der Waals surface area contributed by atoms with Gasteiger partial charge in [0.2, 0.25) is 0 Å². The fraction of sp³-hybridized carbons (Fsp3) is 0.316. The van der Waals surface area contributed by atoms with Crippen molar-refractivity contribution < 1.29 is 19.4 Å². The Morgan fingerprint density at radius 2 is 2.04 bits per heavy atom. The zero-order chi connectivity index (χ0) is 17.4. The molecule has 1 amide bonds. The number of rotatable bonds is 5. The van der Waals surface area contributed by atoms with Crippen molar-refractivity contribution in [3.63, 3.8) is 0 Å². The molecule has 2 aromatic rings. The minimum absolute atomic E-state index is 0.0364. The average molecular weight is 338 g/mol. The van der Waals surface area contributed by atoms with Crippen LogP contribution >= 0.6 is 0 Å². The average Bonchev–Trinajstić information content (AvgIpc) is 3.35. The lowest BCUT2D eigenvalue weighted by atomic mass is 10.0. The fourth-order valence-electron chi connectivity index (χ4n) is 3.12. The summed E-state index contributed by atoms with van der Waals surface area (Å²) < 4.78 is 5.51. The van der Waals surface area contributed by atoms with E-state index < -0.39 is 17.9 Å². The molecule has 0 bridgehead atoms. The van der Waals surface area contributed by atoms with Crippen LogP contribution in [0.3, 0.4) is 0 Å². The number of carbonyl (C=O) groups is 2. The van der Waals surface area contributed by atoms with Crippen LogP contribution < -0.4 is 10.1 Å². The van der Waals surface area contributed by atoms with Gasteiger partial charge in [0.1, 0.15) is 11.8 Å². The lowest BCUT2D eigenvalue weighted by Crippen LogP contribution is -2.42. The Balaban J connectivity index is 1.56. The standard InChI is InChI=1S/C19H18N2O4/c22-18(21-17(19(23)24)11-1-2-11)15-8-14(9-20-10-15)12-3-4-16-13(7-12)5-6-25-16/h3-4,7-11,17H,1-2,5-6H2,(H,21,22)(H,23,24). The van der Waals surface area contributed by atoms with Crippen molar-refractivity contribution in [2.24, 2.45) is 5.92 Å². The monoisotopic (exact) mass is 338 g/mol. The van der Waals surface area contributed by atoms with E-state index in [1.807, 2.05) is 18.2 Å². The van der Waals surface area contributed by atoms with Gasteiger partial charge in [-0.15, -0.1) is 0 Å². The molecule has 1 aliphatic heterocycles. The van der Waals surface area contributed by atoms with Gasteiger partial charge in [0.25, 0.3) is 5.91 Å². The molecule has 1 saturated carbocycles. The van der Waals surface area contributed by atoms with Crippen LogP contribution in [0.15, 0.2) is 36.7 Å². The number of hydrogen-bond acceptors (Lipinski definition) is 4. The number of benzene rings is 1. The molecule has 6 heteroatoms. The quantitative estimate of drug-likeness (QED) is 0.873. The Hall–Kier alpha value is -2.89. The molecule has 1 aliphatic carbocycles. The number of carbonyl (C=O) groups excluding carboxylic acids is 1. The van der Waals surface area contributed by atoms with Gasteiger partial charge >= 0.3 is 5.97 Å². The van der Waals surface area contributed by atoms with E-state index in [-0.39, 0.29) is 5.92 Å². The molecule has 1 atom stereocenters. The zero-order valence-electron chi connectivity index (χ0n) is 13.6. The molecule has 0 radical (unpaired) electrons. The molecule has 6 nitrogen and oxygen atoms in total. The number of carboxylic acid groups (broad SMARTS) is 1. The summed E-state index contributed by atoms with van der Waals surface area (Å²) in [5.74, 6) is -0.453. The van der Waals surface area contributed by atoms with Gasteiger partial charge in [-0.05, 0) is 48.1 Å². The fourth-order valence-corrected chi connectivity index (χ4v) is 3.12. The Morgan fingerprint density at radius 1 is 1.20 bits per heavy atom. The van der Waals surface area contributed by atoms with Crippen molar-refractivity contribution in [3.8, 4) is 16.9 Å². The lowest BCUT2D eigenvalue weighted by molar-refractivity contribution is -0.139. The predicted molar refractivity (Wildman–Crippen MR) is 90.5 cm³/mol. The highest BCUT2D eigenvalue weighted by atomic mass is 16.5. The van der Waals surface area contributed by atoms with Crippen LogP contribution in [-0.2, 0) is 11.2 Å². The number of carboxylic acids is 1. The van der Waals surface area contributed by atoms with E-state index in [2.05, 4.69) is 10.3 Å². The maximum atomic E-state index is 12.4. The van der Waals surface area contributed by atoms with Crippen LogP contribution in [0.4, 0.5) is 0 Å². The summed E-state index contributed by atoms with van der Waals surface area (Å²) in [7, 11) is 0. The summed E-state index contributed by atoms with van der Waals surface area (Å²) >= 11 is 0. The van der Waals surface area contributed by atoms with Crippen LogP contribution in [0, 0.1) is 5.92 Å². The summed E-state index contributed by atoms with van der Waals surface area (Å²) in [4.78, 5) is 27.9. The topological polar surface area (TPSA) is 88.5 Å². The van der Waals surface area contributed by atoms with E-state index in [1.54, 1.807) is 12.3 Å². The summed E-state index contributed by atoms with van der Waals surface area (Å²) in [6.07, 6.45) is 5.71. The maximum Gasteiger partial charge on any atom is 0.326 e. The summed E-state index contributed by atoms with van der Waals surface area (Å²) in [5, 5.41) is 11.9. The van der Waals surface area contributed by atoms with Gasteiger partial charge in [-0.2, -0.15) is 0 Å². The highest BCUT2D eigenvalue weighted by Gasteiger charge is 2.37. The lowest BCUT2D eigenvalue weighted by Gasteiger charge is -2.14. The molecule has 1 fully saturated rings. The van der Waals surface area contributed by atoms with E-state index in [0.29, 0.717) is 12.2 Å². The number of amides is 1. The first-order chi connectivity index (χ1) is 12.1. The molecule has 2 aliphatic rings. The first-order valence-corrected chi connectivity index (χ1v) is 8.36. The van der Waals surface area contributed by atoms with E-state index in [9.17, 15) is 14.7 Å². The van der Waals surface area contributed by atoms with Crippen LogP contribution in [-0.4, -0.2) is 34.6 Å². The minimum atomic E-state index is -0.987. The van der Waals surface area contributed by atoms with Crippen LogP contribution in [0.2, 0.25) is 0 Å². The molecule has 2 heterocycles. The first-order valence-electron chi connectivity index (χ1n) is 8.36. The van der Waals surface area contributed by atoms with Gasteiger partial charge in [-0.25, -0.2) is 4.79 Å². The molecule has 0 saturated heterocycles. The van der Waals surface area contributed by atoms with Gasteiger partial charge in [0.05, 0.1) is 12.2 Å². The second-order valence-corrected chi connectivity index (χ2v) is 6.51. The Kier molecular flexibility index (Phi) is 3.87. The van der Waals surface area contributed by atoms with Crippen LogP contribution in [0.25, 0.3) is 11.1 Å². The highest BCUT2D eigenvalue weighted by Crippen LogP contribution is 2.33. The normalized spacial score (nSPS) is 16.6. The molecule has 1 aromatic carbocycles. The van der Waals surface area contributed by atoms with Crippen LogP contribution in [0.1, 0.15) is 28.8 Å². The van der Waals surface area contributed by atoms with Crippen molar-refractivity contribution in [3.05, 3.63) is 47.8 Å². The number of nitrogens with zero attached hydrogens (tertiary/aromatic N) is 1. The van der Waals surface area contributed by atoms with Gasteiger partial charge < -0.3 is 15.2 Å². The maximum absolute atomic E-state index is 12.4. The van der Waals surface area contributed by atoms with Crippen molar-refractivity contribution >= 4 is 11.9 Å². The number of hydrogen-bond donors (Lipinski definition) is 2. The van der Waals surface area contributed by atoms with Gasteiger partial charge in [-0.1, -0.05) is 6.07 Å². The molecule has 4 rings (SSSR count). The van der Waals surface area contributed by atoms with Crippen molar-refractivity contribution in [2.75, 3.05) is 6.61 Å². The Labute approximate surface area is 144 Å². The number of pyridine rings is 1. The third-order valence-electron chi connectivity index (χ3n) is 4.67. The van der Waals surface area contributed by atoms with E-state index >= 15 is 0 Å². The SMILES string of the molecule is O=C(NC(C(=O)O)C1CC1)c1cncc(-c2ccc3c(c2)CCO3)c1. The van der Waals surface area contributed by atoms with Gasteiger partial charge in [-0.3, -0.25) is 9.78 Å². The molecule has 1 aromatic heterocycles. The van der Waals surface area contributed by atoms with E-state index in [4.69, 9.17) is 4.74 Å². The predicted octanol–water partition coefficient (Wildman–Crippen LogP) is 2.28. The number of aromatic nitrogens is 1. The molecule has 2 N–H and O–H groups in total. The summed E-state index contributed by atoms with van der Waals surface area (Å²) in [6, 6.07) is 6.83. The Morgan fingerprint density at radius 3 is 2.80 bits per heavy atom. The van der Waals surface area contributed by atoms with Crippen LogP contribution in [0.5, 0.6) is 5.75 Å². The smallest absolute Gasteiger partial charge is 0.326 e. The van der Waals surface area contributed by atoms with E-state index in [0.717, 1.165) is 41.7 Å². The summed E-state index contributed by atoms with van der Waals surface area (Å²) in [6.45, 7) is 0.692. The van der Waals surface area contributed by atoms with Gasteiger partial charge in [0.15, 0.2) is 0 Å². The number of aliphatic carboxylic acids is 1. The third kappa shape index (κ3) is 3.20. The Bertz CT molecular complexity index is 845. The largest absolute Gasteiger partial charge is 0.493 e. The van der Waals surface area contributed by atoms with Crippen molar-refractivity contribution in [1.29, 1.82) is 0 Å². The van der Waals surface area contributed by atoms with Crippen molar-refractivity contribution in [2.45, 2.75) is 25.3 Å². The molecule has 25 heavy (non-hydrogen) atoms. The number of fused-ring (bicyclic) bond motifs is 1. The number of ether oxygens (including phenoxy) is 1. The molecular formula is C19H18N2O4. The molecule has 128 valence electrons.